The Morgan fingerprint density at radius 1 is 1.26 bits per heavy atom. The number of hydrogen-bond acceptors (Lipinski definition) is 3. The van der Waals surface area contributed by atoms with Gasteiger partial charge >= 0.3 is 0 Å². The molecule has 0 spiro atoms. The van der Waals surface area contributed by atoms with Crippen molar-refractivity contribution in [2.24, 2.45) is 10.4 Å². The third-order valence-corrected chi connectivity index (χ3v) is 4.71. The van der Waals surface area contributed by atoms with Crippen LogP contribution in [0.5, 0.6) is 0 Å². The van der Waals surface area contributed by atoms with E-state index >= 15 is 0 Å². The van der Waals surface area contributed by atoms with E-state index in [0.717, 1.165) is 31.6 Å². The number of methoxy groups -OCH3 is 1. The highest BCUT2D eigenvalue weighted by molar-refractivity contribution is 5.79. The van der Waals surface area contributed by atoms with Crippen LogP contribution in [-0.4, -0.2) is 63.3 Å². The number of guanidine groups is 1. The smallest absolute Gasteiger partial charge is 0.191 e. The molecule has 0 aromatic carbocycles. The van der Waals surface area contributed by atoms with Crippen molar-refractivity contribution in [3.63, 3.8) is 0 Å². The largest absolute Gasteiger partial charge is 0.379 e. The van der Waals surface area contributed by atoms with Gasteiger partial charge in [0.2, 0.25) is 0 Å². The monoisotopic (exact) mass is 326 g/mol. The maximum absolute atomic E-state index is 5.58. The van der Waals surface area contributed by atoms with Crippen LogP contribution in [-0.2, 0) is 4.74 Å². The van der Waals surface area contributed by atoms with Gasteiger partial charge in [0.15, 0.2) is 5.96 Å². The van der Waals surface area contributed by atoms with E-state index in [0.29, 0.717) is 6.54 Å². The Labute approximate surface area is 143 Å². The molecule has 0 radical (unpaired) electrons. The van der Waals surface area contributed by atoms with Crippen LogP contribution >= 0.6 is 0 Å². The molecule has 5 heteroatoms. The van der Waals surface area contributed by atoms with Crippen LogP contribution in [0.1, 0.15) is 53.4 Å². The van der Waals surface area contributed by atoms with Crippen LogP contribution < -0.4 is 10.6 Å². The van der Waals surface area contributed by atoms with Crippen LogP contribution in [0.2, 0.25) is 0 Å². The lowest BCUT2D eigenvalue weighted by atomic mass is 9.89. The Hall–Kier alpha value is -0.810. The molecule has 136 valence electrons. The Morgan fingerprint density at radius 3 is 2.43 bits per heavy atom. The van der Waals surface area contributed by atoms with E-state index in [9.17, 15) is 0 Å². The predicted molar refractivity (Wildman–Crippen MR) is 99.1 cm³/mol. The highest BCUT2D eigenvalue weighted by Gasteiger charge is 2.24. The minimum atomic E-state index is 0.0955. The van der Waals surface area contributed by atoms with E-state index in [-0.39, 0.29) is 11.5 Å². The maximum Gasteiger partial charge on any atom is 0.191 e. The standard InChI is InChI=1S/C18H38N4O/c1-7-19-17(21-14-16(23-6)18(2,3)4)20-12-13-22(5)15-10-8-9-11-15/h15-16H,7-14H2,1-6H3,(H2,19,20,21). The molecule has 0 heterocycles. The summed E-state index contributed by atoms with van der Waals surface area (Å²) >= 11 is 0. The van der Waals surface area contributed by atoms with Gasteiger partial charge in [0.05, 0.1) is 12.6 Å². The first-order valence-electron chi connectivity index (χ1n) is 9.13. The number of rotatable bonds is 8. The molecule has 0 bridgehead atoms. The summed E-state index contributed by atoms with van der Waals surface area (Å²) in [5.41, 5.74) is 0.0955. The third-order valence-electron chi connectivity index (χ3n) is 4.71. The lowest BCUT2D eigenvalue weighted by Crippen LogP contribution is -2.43. The van der Waals surface area contributed by atoms with Crippen LogP contribution in [0.4, 0.5) is 0 Å². The van der Waals surface area contributed by atoms with Crippen molar-refractivity contribution in [3.05, 3.63) is 0 Å². The Balaban J connectivity index is 2.42. The average Bonchev–Trinajstić information content (AvgIpc) is 3.00. The second-order valence-corrected chi connectivity index (χ2v) is 7.66. The number of ether oxygens (including phenoxy) is 1. The quantitative estimate of drug-likeness (QED) is 0.531. The molecule has 1 saturated carbocycles. The van der Waals surface area contributed by atoms with Crippen molar-refractivity contribution in [2.75, 3.05) is 40.3 Å². The molecule has 5 nitrogen and oxygen atoms in total. The molecule has 1 unspecified atom stereocenters. The fourth-order valence-corrected chi connectivity index (χ4v) is 3.10. The molecule has 2 N–H and O–H groups in total. The number of hydrogen-bond donors (Lipinski definition) is 2. The molecular weight excluding hydrogens is 288 g/mol. The van der Waals surface area contributed by atoms with E-state index in [1.165, 1.54) is 25.7 Å². The van der Waals surface area contributed by atoms with Crippen molar-refractivity contribution in [2.45, 2.75) is 65.5 Å². The van der Waals surface area contributed by atoms with Gasteiger partial charge in [-0.2, -0.15) is 0 Å². The normalized spacial score (nSPS) is 18.5. The van der Waals surface area contributed by atoms with E-state index in [4.69, 9.17) is 9.73 Å². The zero-order valence-corrected chi connectivity index (χ0v) is 16.1. The van der Waals surface area contributed by atoms with Crippen LogP contribution in [0.25, 0.3) is 0 Å². The predicted octanol–water partition coefficient (Wildman–Crippen LogP) is 2.48. The van der Waals surface area contributed by atoms with Gasteiger partial charge in [0.25, 0.3) is 0 Å². The lowest BCUT2D eigenvalue weighted by molar-refractivity contribution is 0.0241. The van der Waals surface area contributed by atoms with E-state index in [1.54, 1.807) is 7.11 Å². The lowest BCUT2D eigenvalue weighted by Gasteiger charge is -2.28. The van der Waals surface area contributed by atoms with Crippen molar-refractivity contribution >= 4 is 5.96 Å². The molecule has 0 amide bonds. The van der Waals surface area contributed by atoms with Gasteiger partial charge in [-0.1, -0.05) is 33.6 Å². The first-order valence-corrected chi connectivity index (χ1v) is 9.13. The summed E-state index contributed by atoms with van der Waals surface area (Å²) in [4.78, 5) is 7.18. The summed E-state index contributed by atoms with van der Waals surface area (Å²) in [6.45, 7) is 12.2. The van der Waals surface area contributed by atoms with Crippen molar-refractivity contribution in [1.82, 2.24) is 15.5 Å². The van der Waals surface area contributed by atoms with Gasteiger partial charge in [-0.25, -0.2) is 0 Å². The van der Waals surface area contributed by atoms with Crippen molar-refractivity contribution in [3.8, 4) is 0 Å². The molecule has 23 heavy (non-hydrogen) atoms. The van der Waals surface area contributed by atoms with E-state index in [2.05, 4.69) is 50.3 Å². The fraction of sp³-hybridized carbons (Fsp3) is 0.944. The third kappa shape index (κ3) is 7.53. The van der Waals surface area contributed by atoms with Gasteiger partial charge < -0.3 is 20.3 Å². The number of likely N-dealkylation sites (N-methyl/N-ethyl adjacent to an activating group) is 1. The summed E-state index contributed by atoms with van der Waals surface area (Å²) in [7, 11) is 4.00. The van der Waals surface area contributed by atoms with Crippen LogP contribution in [0.3, 0.4) is 0 Å². The zero-order chi connectivity index (χ0) is 17.3. The minimum absolute atomic E-state index is 0.0955. The molecule has 0 saturated heterocycles. The molecule has 1 aliphatic carbocycles. The average molecular weight is 327 g/mol. The number of nitrogens with zero attached hydrogens (tertiary/aromatic N) is 2. The Kier molecular flexibility index (Phi) is 8.92. The zero-order valence-electron chi connectivity index (χ0n) is 16.1. The summed E-state index contributed by atoms with van der Waals surface area (Å²) in [5, 5.41) is 6.77. The Bertz CT molecular complexity index is 345. The Morgan fingerprint density at radius 2 is 1.91 bits per heavy atom. The first kappa shape index (κ1) is 20.2. The maximum atomic E-state index is 5.58. The molecule has 1 aliphatic rings. The molecule has 0 aromatic heterocycles. The van der Waals surface area contributed by atoms with Crippen molar-refractivity contribution in [1.29, 1.82) is 0 Å². The number of aliphatic imine (C=N–C) groups is 1. The minimum Gasteiger partial charge on any atom is -0.379 e. The summed E-state index contributed by atoms with van der Waals surface area (Å²) in [6, 6.07) is 0.773. The second-order valence-electron chi connectivity index (χ2n) is 7.66. The van der Waals surface area contributed by atoms with E-state index in [1.807, 2.05) is 0 Å². The van der Waals surface area contributed by atoms with Gasteiger partial charge in [-0.05, 0) is 32.2 Å². The first-order chi connectivity index (χ1) is 10.9. The number of nitrogens with one attached hydrogen (secondary N) is 2. The second kappa shape index (κ2) is 10.1. The SMILES string of the molecule is CCNC(=NCC(OC)C(C)(C)C)NCCN(C)C1CCCC1. The van der Waals surface area contributed by atoms with Gasteiger partial charge in [-0.15, -0.1) is 0 Å². The van der Waals surface area contributed by atoms with Gasteiger partial charge in [-0.3, -0.25) is 4.99 Å². The molecule has 0 aliphatic heterocycles. The molecular formula is C18H38N4O. The van der Waals surface area contributed by atoms with Gasteiger partial charge in [0.1, 0.15) is 0 Å². The van der Waals surface area contributed by atoms with Crippen LogP contribution in [0, 0.1) is 5.41 Å². The highest BCUT2D eigenvalue weighted by atomic mass is 16.5. The summed E-state index contributed by atoms with van der Waals surface area (Å²) < 4.78 is 5.58. The van der Waals surface area contributed by atoms with Crippen LogP contribution in [0.15, 0.2) is 4.99 Å². The van der Waals surface area contributed by atoms with E-state index < -0.39 is 0 Å². The molecule has 1 rings (SSSR count). The molecule has 1 atom stereocenters. The summed E-state index contributed by atoms with van der Waals surface area (Å²) in [6.07, 6.45) is 5.60. The fourth-order valence-electron chi connectivity index (χ4n) is 3.10. The molecule has 0 aromatic rings. The molecule has 1 fully saturated rings. The summed E-state index contributed by atoms with van der Waals surface area (Å²) in [5.74, 6) is 0.888. The van der Waals surface area contributed by atoms with Gasteiger partial charge in [0, 0.05) is 32.8 Å². The van der Waals surface area contributed by atoms with Crippen molar-refractivity contribution < 1.29 is 4.74 Å². The highest BCUT2D eigenvalue weighted by Crippen LogP contribution is 2.22. The topological polar surface area (TPSA) is 48.9 Å².